The Hall–Kier alpha value is -1.91. The summed E-state index contributed by atoms with van der Waals surface area (Å²) >= 11 is 6.14. The van der Waals surface area contributed by atoms with Crippen molar-refractivity contribution >= 4 is 17.5 Å². The smallest absolute Gasteiger partial charge is 0.223 e. The number of aryl methyl sites for hydroxylation is 2. The molecule has 3 nitrogen and oxygen atoms in total. The van der Waals surface area contributed by atoms with E-state index in [0.29, 0.717) is 17.1 Å². The van der Waals surface area contributed by atoms with Crippen LogP contribution in [0, 0.1) is 25.6 Å². The van der Waals surface area contributed by atoms with Gasteiger partial charge in [-0.2, -0.15) is 0 Å². The van der Waals surface area contributed by atoms with Crippen LogP contribution in [0.5, 0.6) is 0 Å². The fourth-order valence-electron chi connectivity index (χ4n) is 3.90. The Bertz CT molecular complexity index is 826. The van der Waals surface area contributed by atoms with Crippen molar-refractivity contribution in [2.45, 2.75) is 46.2 Å². The Kier molecular flexibility index (Phi) is 6.73. The van der Waals surface area contributed by atoms with E-state index >= 15 is 0 Å². The predicted octanol–water partition coefficient (Wildman–Crippen LogP) is 5.19. The zero-order valence-corrected chi connectivity index (χ0v) is 17.5. The second kappa shape index (κ2) is 9.06. The van der Waals surface area contributed by atoms with Gasteiger partial charge in [-0.1, -0.05) is 41.4 Å². The third-order valence-corrected chi connectivity index (χ3v) is 6.02. The first kappa shape index (κ1) is 20.8. The van der Waals surface area contributed by atoms with E-state index in [9.17, 15) is 9.18 Å². The molecule has 2 aromatic rings. The Morgan fingerprint density at radius 3 is 2.64 bits per heavy atom. The van der Waals surface area contributed by atoms with Gasteiger partial charge in [-0.05, 0) is 70.0 Å². The van der Waals surface area contributed by atoms with E-state index in [4.69, 9.17) is 11.6 Å². The molecule has 0 spiro atoms. The van der Waals surface area contributed by atoms with E-state index in [1.807, 2.05) is 6.92 Å². The van der Waals surface area contributed by atoms with Gasteiger partial charge in [-0.25, -0.2) is 4.39 Å². The number of carbonyl (C=O) groups excluding carboxylic acids is 1. The lowest BCUT2D eigenvalue weighted by molar-refractivity contribution is -0.127. The Balaban J connectivity index is 1.54. The summed E-state index contributed by atoms with van der Waals surface area (Å²) in [7, 11) is 0. The summed E-state index contributed by atoms with van der Waals surface area (Å²) in [5.74, 6) is -0.161. The summed E-state index contributed by atoms with van der Waals surface area (Å²) in [5, 5.41) is 3.64. The quantitative estimate of drug-likeness (QED) is 0.746. The molecule has 1 amide bonds. The van der Waals surface area contributed by atoms with E-state index in [2.05, 4.69) is 42.3 Å². The molecule has 0 bridgehead atoms. The second-order valence-electron chi connectivity index (χ2n) is 7.84. The molecule has 1 N–H and O–H groups in total. The number of halogens is 2. The molecule has 0 saturated carbocycles. The molecule has 1 aliphatic rings. The first-order chi connectivity index (χ1) is 13.3. The monoisotopic (exact) mass is 402 g/mol. The molecule has 0 unspecified atom stereocenters. The number of rotatable bonds is 5. The van der Waals surface area contributed by atoms with Crippen LogP contribution in [0.3, 0.4) is 0 Å². The van der Waals surface area contributed by atoms with E-state index in [-0.39, 0.29) is 23.7 Å². The number of benzene rings is 2. The lowest BCUT2D eigenvalue weighted by Gasteiger charge is -2.32. The normalized spacial score (nSPS) is 16.8. The molecule has 1 saturated heterocycles. The SMILES string of the molecule is Cc1ccc(C)c([C@@H](C)NC(=O)C2CCN(Cc3c(F)cccc3Cl)CC2)c1. The summed E-state index contributed by atoms with van der Waals surface area (Å²) in [5.41, 5.74) is 4.09. The third kappa shape index (κ3) is 4.92. The van der Waals surface area contributed by atoms with Crippen molar-refractivity contribution in [3.8, 4) is 0 Å². The zero-order chi connectivity index (χ0) is 20.3. The molecule has 1 heterocycles. The lowest BCUT2D eigenvalue weighted by atomic mass is 9.94. The van der Waals surface area contributed by atoms with Gasteiger partial charge in [0.25, 0.3) is 0 Å². The summed E-state index contributed by atoms with van der Waals surface area (Å²) in [6.07, 6.45) is 1.55. The molecular weight excluding hydrogens is 375 g/mol. The predicted molar refractivity (Wildman–Crippen MR) is 112 cm³/mol. The van der Waals surface area contributed by atoms with Crippen LogP contribution in [-0.4, -0.2) is 23.9 Å². The van der Waals surface area contributed by atoms with Crippen LogP contribution in [0.1, 0.15) is 48.1 Å². The van der Waals surface area contributed by atoms with Gasteiger partial charge in [0.1, 0.15) is 5.82 Å². The highest BCUT2D eigenvalue weighted by Gasteiger charge is 2.27. The van der Waals surface area contributed by atoms with Crippen molar-refractivity contribution in [2.75, 3.05) is 13.1 Å². The summed E-state index contributed by atoms with van der Waals surface area (Å²) in [6.45, 7) is 8.19. The highest BCUT2D eigenvalue weighted by molar-refractivity contribution is 6.31. The van der Waals surface area contributed by atoms with Crippen LogP contribution >= 0.6 is 11.6 Å². The first-order valence-corrected chi connectivity index (χ1v) is 10.3. The maximum absolute atomic E-state index is 14.0. The van der Waals surface area contributed by atoms with Gasteiger partial charge in [0, 0.05) is 23.0 Å². The van der Waals surface area contributed by atoms with Gasteiger partial charge >= 0.3 is 0 Å². The maximum Gasteiger partial charge on any atom is 0.223 e. The Labute approximate surface area is 171 Å². The minimum absolute atomic E-state index is 0.0000856. The molecule has 3 rings (SSSR count). The molecule has 1 fully saturated rings. The number of nitrogens with zero attached hydrogens (tertiary/aromatic N) is 1. The number of amides is 1. The fourth-order valence-corrected chi connectivity index (χ4v) is 4.12. The zero-order valence-electron chi connectivity index (χ0n) is 16.8. The second-order valence-corrected chi connectivity index (χ2v) is 8.25. The van der Waals surface area contributed by atoms with Crippen LogP contribution in [0.15, 0.2) is 36.4 Å². The van der Waals surface area contributed by atoms with Crippen LogP contribution < -0.4 is 5.32 Å². The third-order valence-electron chi connectivity index (χ3n) is 5.66. The van der Waals surface area contributed by atoms with Gasteiger partial charge in [0.15, 0.2) is 0 Å². The molecule has 5 heteroatoms. The van der Waals surface area contributed by atoms with Crippen molar-refractivity contribution in [1.29, 1.82) is 0 Å². The molecule has 0 radical (unpaired) electrons. The van der Waals surface area contributed by atoms with Crippen LogP contribution in [0.2, 0.25) is 5.02 Å². The number of piperidine rings is 1. The number of nitrogens with one attached hydrogen (secondary N) is 1. The molecule has 28 heavy (non-hydrogen) atoms. The Morgan fingerprint density at radius 2 is 1.96 bits per heavy atom. The molecule has 0 aromatic heterocycles. The van der Waals surface area contributed by atoms with Gasteiger partial charge < -0.3 is 5.32 Å². The van der Waals surface area contributed by atoms with Gasteiger partial charge in [0.2, 0.25) is 5.91 Å². The average molecular weight is 403 g/mol. The van der Waals surface area contributed by atoms with E-state index in [1.165, 1.54) is 22.8 Å². The van der Waals surface area contributed by atoms with Gasteiger partial charge in [-0.3, -0.25) is 9.69 Å². The minimum atomic E-state index is -0.269. The first-order valence-electron chi connectivity index (χ1n) is 9.88. The number of hydrogen-bond acceptors (Lipinski definition) is 2. The van der Waals surface area contributed by atoms with Crippen molar-refractivity contribution in [1.82, 2.24) is 10.2 Å². The van der Waals surface area contributed by atoms with E-state index in [0.717, 1.165) is 25.9 Å². The van der Waals surface area contributed by atoms with Crippen molar-refractivity contribution in [3.05, 3.63) is 69.5 Å². The molecule has 0 aliphatic carbocycles. The number of likely N-dealkylation sites (tertiary alicyclic amines) is 1. The van der Waals surface area contributed by atoms with E-state index in [1.54, 1.807) is 12.1 Å². The van der Waals surface area contributed by atoms with Crippen molar-refractivity contribution in [3.63, 3.8) is 0 Å². The minimum Gasteiger partial charge on any atom is -0.349 e. The van der Waals surface area contributed by atoms with Crippen molar-refractivity contribution < 1.29 is 9.18 Å². The fraction of sp³-hybridized carbons (Fsp3) is 0.435. The molecule has 2 aromatic carbocycles. The topological polar surface area (TPSA) is 32.3 Å². The molecule has 1 aliphatic heterocycles. The molecule has 150 valence electrons. The van der Waals surface area contributed by atoms with Gasteiger partial charge in [0.05, 0.1) is 6.04 Å². The maximum atomic E-state index is 14.0. The van der Waals surface area contributed by atoms with Crippen LogP contribution in [-0.2, 0) is 11.3 Å². The largest absolute Gasteiger partial charge is 0.349 e. The standard InChI is InChI=1S/C23H28ClFN2O/c1-15-7-8-16(2)19(13-15)17(3)26-23(28)18-9-11-27(12-10-18)14-20-21(24)5-4-6-22(20)25/h4-8,13,17-18H,9-12,14H2,1-3H3,(H,26,28)/t17-/m1/s1. The highest BCUT2D eigenvalue weighted by atomic mass is 35.5. The lowest BCUT2D eigenvalue weighted by Crippen LogP contribution is -2.41. The summed E-state index contributed by atoms with van der Waals surface area (Å²) in [4.78, 5) is 14.9. The number of hydrogen-bond donors (Lipinski definition) is 1. The Morgan fingerprint density at radius 1 is 1.25 bits per heavy atom. The average Bonchev–Trinajstić information content (AvgIpc) is 2.67. The number of carbonyl (C=O) groups is 1. The van der Waals surface area contributed by atoms with E-state index < -0.39 is 0 Å². The summed E-state index contributed by atoms with van der Waals surface area (Å²) in [6, 6.07) is 11.1. The van der Waals surface area contributed by atoms with Crippen molar-refractivity contribution in [2.24, 2.45) is 5.92 Å². The van der Waals surface area contributed by atoms with Crippen LogP contribution in [0.4, 0.5) is 4.39 Å². The summed E-state index contributed by atoms with van der Waals surface area (Å²) < 4.78 is 14.0. The molecular formula is C23H28ClFN2O. The molecule has 1 atom stereocenters. The highest BCUT2D eigenvalue weighted by Crippen LogP contribution is 2.25. The van der Waals surface area contributed by atoms with Crippen LogP contribution in [0.25, 0.3) is 0 Å². The van der Waals surface area contributed by atoms with Gasteiger partial charge in [-0.15, -0.1) is 0 Å².